The largest absolute Gasteiger partial charge is 0.491 e. The minimum atomic E-state index is -0.523. The Morgan fingerprint density at radius 2 is 2.00 bits per heavy atom. The van der Waals surface area contributed by atoms with Gasteiger partial charge in [-0.15, -0.1) is 0 Å². The van der Waals surface area contributed by atoms with Gasteiger partial charge < -0.3 is 4.74 Å². The van der Waals surface area contributed by atoms with Crippen molar-refractivity contribution >= 4 is 12.2 Å². The number of anilines is 1. The zero-order chi connectivity index (χ0) is 20.8. The van der Waals surface area contributed by atoms with Gasteiger partial charge in [0, 0.05) is 5.56 Å². The van der Waals surface area contributed by atoms with Crippen LogP contribution in [0.3, 0.4) is 0 Å². The third-order valence-electron chi connectivity index (χ3n) is 4.02. The van der Waals surface area contributed by atoms with Crippen molar-refractivity contribution in [2.45, 2.75) is 26.9 Å². The molecule has 1 aromatic heterocycles. The summed E-state index contributed by atoms with van der Waals surface area (Å²) in [6, 6.07) is 16.7. The molecule has 3 aromatic rings. The van der Waals surface area contributed by atoms with E-state index >= 15 is 0 Å². The summed E-state index contributed by atoms with van der Waals surface area (Å²) in [7, 11) is 0. The number of ether oxygens (including phenoxy) is 1. The molecule has 0 fully saturated rings. The van der Waals surface area contributed by atoms with Gasteiger partial charge in [0.25, 0.3) is 5.56 Å². The van der Waals surface area contributed by atoms with Gasteiger partial charge in [-0.2, -0.15) is 10.4 Å². The second-order valence-electron chi connectivity index (χ2n) is 6.68. The van der Waals surface area contributed by atoms with Crippen molar-refractivity contribution in [1.29, 1.82) is 5.26 Å². The summed E-state index contributed by atoms with van der Waals surface area (Å²) in [5, 5.41) is 13.5. The maximum absolute atomic E-state index is 12.2. The fourth-order valence-corrected chi connectivity index (χ4v) is 2.74. The van der Waals surface area contributed by atoms with E-state index in [4.69, 9.17) is 4.74 Å². The van der Waals surface area contributed by atoms with E-state index < -0.39 is 5.56 Å². The molecule has 2 aromatic carbocycles. The number of aryl methyl sites for hydroxylation is 1. The third kappa shape index (κ3) is 4.87. The van der Waals surface area contributed by atoms with Crippen LogP contribution in [-0.4, -0.2) is 22.3 Å². The van der Waals surface area contributed by atoms with Crippen LogP contribution in [0.25, 0.3) is 11.3 Å². The highest BCUT2D eigenvalue weighted by molar-refractivity contribution is 5.80. The molecule has 0 atom stereocenters. The van der Waals surface area contributed by atoms with Crippen LogP contribution >= 0.6 is 0 Å². The molecule has 7 heteroatoms. The Kier molecular flexibility index (Phi) is 6.05. The average molecular weight is 387 g/mol. The molecular weight excluding hydrogens is 366 g/mol. The number of hydrogen-bond acceptors (Lipinski definition) is 6. The SMILES string of the molecule is Cc1cc(C=NNc2nc(-c3ccccc3)c(C#N)c(=O)[nH]2)ccc1OC(C)C. The second-order valence-corrected chi connectivity index (χ2v) is 6.68. The van der Waals surface area contributed by atoms with Gasteiger partial charge in [0.2, 0.25) is 5.95 Å². The molecule has 0 saturated heterocycles. The van der Waals surface area contributed by atoms with Gasteiger partial charge in [-0.25, -0.2) is 10.4 Å². The van der Waals surface area contributed by atoms with Gasteiger partial charge in [-0.05, 0) is 50.1 Å². The first kappa shape index (κ1) is 19.8. The molecule has 0 spiro atoms. The number of aromatic amines is 1. The monoisotopic (exact) mass is 387 g/mol. The lowest BCUT2D eigenvalue weighted by atomic mass is 10.1. The first-order valence-corrected chi connectivity index (χ1v) is 9.14. The Hall–Kier alpha value is -3.92. The van der Waals surface area contributed by atoms with Crippen molar-refractivity contribution < 1.29 is 4.74 Å². The summed E-state index contributed by atoms with van der Waals surface area (Å²) >= 11 is 0. The lowest BCUT2D eigenvalue weighted by molar-refractivity contribution is 0.241. The van der Waals surface area contributed by atoms with E-state index in [1.54, 1.807) is 18.3 Å². The minimum absolute atomic E-state index is 0.0397. The van der Waals surface area contributed by atoms with Crippen LogP contribution in [0.1, 0.15) is 30.5 Å². The van der Waals surface area contributed by atoms with E-state index in [-0.39, 0.29) is 17.6 Å². The summed E-state index contributed by atoms with van der Waals surface area (Å²) in [4.78, 5) is 19.1. The number of hydrazone groups is 1. The number of benzene rings is 2. The molecule has 0 radical (unpaired) electrons. The molecule has 0 bridgehead atoms. The normalized spacial score (nSPS) is 10.9. The number of H-pyrrole nitrogens is 1. The van der Waals surface area contributed by atoms with Crippen LogP contribution in [0.15, 0.2) is 58.4 Å². The Morgan fingerprint density at radius 1 is 1.24 bits per heavy atom. The van der Waals surface area contributed by atoms with Gasteiger partial charge in [-0.3, -0.25) is 9.78 Å². The van der Waals surface area contributed by atoms with Crippen LogP contribution in [0.5, 0.6) is 5.75 Å². The smallest absolute Gasteiger partial charge is 0.270 e. The second kappa shape index (κ2) is 8.85. The van der Waals surface area contributed by atoms with E-state index in [1.165, 1.54) is 0 Å². The average Bonchev–Trinajstić information content (AvgIpc) is 2.70. The highest BCUT2D eigenvalue weighted by atomic mass is 16.5. The Bertz CT molecular complexity index is 1130. The van der Waals surface area contributed by atoms with Crippen LogP contribution in [-0.2, 0) is 0 Å². The number of aromatic nitrogens is 2. The summed E-state index contributed by atoms with van der Waals surface area (Å²) in [6.07, 6.45) is 1.72. The molecule has 0 aliphatic rings. The van der Waals surface area contributed by atoms with E-state index in [0.717, 1.165) is 16.9 Å². The lowest BCUT2D eigenvalue weighted by Gasteiger charge is -2.12. The minimum Gasteiger partial charge on any atom is -0.491 e. The molecule has 0 unspecified atom stereocenters. The lowest BCUT2D eigenvalue weighted by Crippen LogP contribution is -2.16. The number of nitrogens with zero attached hydrogens (tertiary/aromatic N) is 3. The number of nitriles is 1. The molecule has 7 nitrogen and oxygen atoms in total. The van der Waals surface area contributed by atoms with Gasteiger partial charge in [0.05, 0.1) is 18.0 Å². The molecule has 0 aliphatic heterocycles. The molecule has 2 N–H and O–H groups in total. The van der Waals surface area contributed by atoms with Crippen molar-refractivity contribution in [3.63, 3.8) is 0 Å². The first-order chi connectivity index (χ1) is 14.0. The molecule has 146 valence electrons. The fourth-order valence-electron chi connectivity index (χ4n) is 2.74. The maximum Gasteiger partial charge on any atom is 0.270 e. The van der Waals surface area contributed by atoms with Gasteiger partial charge in [0.1, 0.15) is 17.4 Å². The van der Waals surface area contributed by atoms with Crippen LogP contribution in [0.4, 0.5) is 5.95 Å². The molecule has 29 heavy (non-hydrogen) atoms. The topological polar surface area (TPSA) is 103 Å². The molecular formula is C22H21N5O2. The van der Waals surface area contributed by atoms with Crippen molar-refractivity contribution in [1.82, 2.24) is 9.97 Å². The quantitative estimate of drug-likeness (QED) is 0.494. The van der Waals surface area contributed by atoms with E-state index in [0.29, 0.717) is 11.3 Å². The summed E-state index contributed by atoms with van der Waals surface area (Å²) in [5.41, 5.74) is 5.01. The summed E-state index contributed by atoms with van der Waals surface area (Å²) in [6.45, 7) is 5.93. The van der Waals surface area contributed by atoms with E-state index in [9.17, 15) is 10.1 Å². The Labute approximate surface area is 168 Å². The zero-order valence-corrected chi connectivity index (χ0v) is 16.4. The van der Waals surface area contributed by atoms with Crippen molar-refractivity contribution in [2.24, 2.45) is 5.10 Å². The number of nitrogens with one attached hydrogen (secondary N) is 2. The highest BCUT2D eigenvalue weighted by Crippen LogP contribution is 2.20. The van der Waals surface area contributed by atoms with Crippen molar-refractivity contribution in [2.75, 3.05) is 5.43 Å². The first-order valence-electron chi connectivity index (χ1n) is 9.14. The molecule has 1 heterocycles. The van der Waals surface area contributed by atoms with Crippen LogP contribution in [0, 0.1) is 18.3 Å². The van der Waals surface area contributed by atoms with Gasteiger partial charge in [0.15, 0.2) is 0 Å². The summed E-state index contributed by atoms with van der Waals surface area (Å²) in [5.74, 6) is 0.983. The fraction of sp³-hybridized carbons (Fsp3) is 0.182. The predicted molar refractivity (Wildman–Crippen MR) is 113 cm³/mol. The molecule has 0 amide bonds. The third-order valence-corrected chi connectivity index (χ3v) is 4.02. The molecule has 3 rings (SSSR count). The number of hydrogen-bond donors (Lipinski definition) is 2. The highest BCUT2D eigenvalue weighted by Gasteiger charge is 2.12. The van der Waals surface area contributed by atoms with Crippen LogP contribution < -0.4 is 15.7 Å². The van der Waals surface area contributed by atoms with Crippen molar-refractivity contribution in [3.8, 4) is 23.1 Å². The standard InChI is InChI=1S/C22H21N5O2/c1-14(2)29-19-10-9-16(11-15(19)3)13-24-27-22-25-20(17-7-5-4-6-8-17)18(12-23)21(28)26-22/h4-11,13-14H,1-3H3,(H2,25,26,27,28). The van der Waals surface area contributed by atoms with Crippen molar-refractivity contribution in [3.05, 3.63) is 75.6 Å². The number of rotatable bonds is 6. The van der Waals surface area contributed by atoms with Crippen LogP contribution in [0.2, 0.25) is 0 Å². The zero-order valence-electron chi connectivity index (χ0n) is 16.4. The maximum atomic E-state index is 12.2. The molecule has 0 aliphatic carbocycles. The molecule has 0 saturated carbocycles. The van der Waals surface area contributed by atoms with Gasteiger partial charge >= 0.3 is 0 Å². The predicted octanol–water partition coefficient (Wildman–Crippen LogP) is 3.85. The van der Waals surface area contributed by atoms with E-state index in [2.05, 4.69) is 20.5 Å². The van der Waals surface area contributed by atoms with Gasteiger partial charge in [-0.1, -0.05) is 30.3 Å². The Morgan fingerprint density at radius 3 is 2.66 bits per heavy atom. The Balaban J connectivity index is 1.82. The summed E-state index contributed by atoms with van der Waals surface area (Å²) < 4.78 is 5.73. The van der Waals surface area contributed by atoms with E-state index in [1.807, 2.05) is 63.2 Å².